The van der Waals surface area contributed by atoms with Crippen LogP contribution < -0.4 is 15.0 Å². The molecule has 0 bridgehead atoms. The van der Waals surface area contributed by atoms with Gasteiger partial charge in [-0.25, -0.2) is 4.79 Å². The fraction of sp³-hybridized carbons (Fsp3) is 0.200. The number of carbonyl (C=O) groups is 1. The standard InChI is InChI=1S/C25H24N4O6S/c1-33-15-8-9-21(34-2)20(11-15)29-23(31)17(22(30)28-25(29)36)13-27-19(24(32)35-3)10-14-12-26-18-7-5-4-6-16(14)18/h4-9,11-13,19,26,31H,10H2,1-3H3,(H,28,30,36)/t19-/m1/s1. The molecular formula is C25H24N4O6S. The largest absolute Gasteiger partial charge is 0.497 e. The van der Waals surface area contributed by atoms with Crippen molar-refractivity contribution in [3.05, 3.63) is 74.9 Å². The number of para-hydroxylation sites is 1. The number of hydrogen-bond donors (Lipinski definition) is 3. The first-order valence-corrected chi connectivity index (χ1v) is 11.3. The number of nitrogens with one attached hydrogen (secondary N) is 2. The summed E-state index contributed by atoms with van der Waals surface area (Å²) in [7, 11) is 4.22. The second kappa shape index (κ2) is 10.5. The van der Waals surface area contributed by atoms with Gasteiger partial charge in [0.2, 0.25) is 5.88 Å². The number of benzene rings is 2. The molecule has 10 nitrogen and oxygen atoms in total. The van der Waals surface area contributed by atoms with Crippen LogP contribution in [0.2, 0.25) is 0 Å². The molecule has 0 aliphatic heterocycles. The monoisotopic (exact) mass is 508 g/mol. The fourth-order valence-electron chi connectivity index (χ4n) is 3.86. The number of carbonyl (C=O) groups excluding carboxylic acids is 1. The third-order valence-corrected chi connectivity index (χ3v) is 5.98. The van der Waals surface area contributed by atoms with Crippen molar-refractivity contribution in [1.29, 1.82) is 0 Å². The smallest absolute Gasteiger partial charge is 0.330 e. The lowest BCUT2D eigenvalue weighted by atomic mass is 10.1. The van der Waals surface area contributed by atoms with Crippen molar-refractivity contribution in [1.82, 2.24) is 14.5 Å². The van der Waals surface area contributed by atoms with Gasteiger partial charge >= 0.3 is 5.97 Å². The summed E-state index contributed by atoms with van der Waals surface area (Å²) in [5, 5.41) is 12.0. The Labute approximate surface area is 210 Å². The zero-order valence-corrected chi connectivity index (χ0v) is 20.6. The normalized spacial score (nSPS) is 12.1. The molecule has 4 rings (SSSR count). The zero-order chi connectivity index (χ0) is 25.8. The summed E-state index contributed by atoms with van der Waals surface area (Å²) in [6, 6.07) is 11.6. The molecule has 4 aromatic rings. The molecule has 1 atom stereocenters. The number of esters is 1. The first-order chi connectivity index (χ1) is 17.4. The number of ether oxygens (including phenoxy) is 3. The minimum Gasteiger partial charge on any atom is -0.497 e. The Morgan fingerprint density at radius 2 is 1.97 bits per heavy atom. The summed E-state index contributed by atoms with van der Waals surface area (Å²) < 4.78 is 16.8. The molecule has 0 unspecified atom stereocenters. The molecule has 3 N–H and O–H groups in total. The molecular weight excluding hydrogens is 484 g/mol. The number of aliphatic imine (C=N–C) groups is 1. The van der Waals surface area contributed by atoms with Gasteiger partial charge in [0, 0.05) is 35.8 Å². The molecule has 0 amide bonds. The van der Waals surface area contributed by atoms with Crippen molar-refractivity contribution in [3.63, 3.8) is 0 Å². The van der Waals surface area contributed by atoms with Crippen LogP contribution in [0.4, 0.5) is 0 Å². The topological polar surface area (TPSA) is 131 Å². The molecule has 36 heavy (non-hydrogen) atoms. The number of aromatic nitrogens is 3. The van der Waals surface area contributed by atoms with Crippen LogP contribution in [0.5, 0.6) is 17.4 Å². The number of methoxy groups -OCH3 is 3. The Morgan fingerprint density at radius 1 is 1.19 bits per heavy atom. The van der Waals surface area contributed by atoms with Gasteiger partial charge in [-0.3, -0.25) is 19.3 Å². The zero-order valence-electron chi connectivity index (χ0n) is 19.8. The summed E-state index contributed by atoms with van der Waals surface area (Å²) >= 11 is 5.30. The van der Waals surface area contributed by atoms with Gasteiger partial charge in [0.05, 0.1) is 27.0 Å². The third-order valence-electron chi connectivity index (χ3n) is 5.69. The van der Waals surface area contributed by atoms with Crippen molar-refractivity contribution in [2.45, 2.75) is 12.5 Å². The lowest BCUT2D eigenvalue weighted by Gasteiger charge is -2.16. The lowest BCUT2D eigenvalue weighted by Crippen LogP contribution is -2.24. The predicted molar refractivity (Wildman–Crippen MR) is 137 cm³/mol. The van der Waals surface area contributed by atoms with Crippen LogP contribution in [-0.2, 0) is 16.0 Å². The van der Waals surface area contributed by atoms with Crippen molar-refractivity contribution in [2.75, 3.05) is 21.3 Å². The minimum atomic E-state index is -0.962. The highest BCUT2D eigenvalue weighted by atomic mass is 32.1. The van der Waals surface area contributed by atoms with Crippen LogP contribution in [0.1, 0.15) is 11.1 Å². The lowest BCUT2D eigenvalue weighted by molar-refractivity contribution is -0.142. The van der Waals surface area contributed by atoms with Crippen LogP contribution >= 0.6 is 12.2 Å². The highest BCUT2D eigenvalue weighted by molar-refractivity contribution is 7.71. The van der Waals surface area contributed by atoms with Crippen LogP contribution in [0.3, 0.4) is 0 Å². The maximum Gasteiger partial charge on any atom is 0.330 e. The van der Waals surface area contributed by atoms with Gasteiger partial charge in [-0.05, 0) is 36.0 Å². The van der Waals surface area contributed by atoms with E-state index < -0.39 is 23.5 Å². The molecule has 0 fully saturated rings. The first-order valence-electron chi connectivity index (χ1n) is 10.8. The number of rotatable bonds is 8. The van der Waals surface area contributed by atoms with E-state index in [2.05, 4.69) is 15.0 Å². The SMILES string of the molecule is COC(=O)[C@@H](Cc1c[nH]c2ccccc12)N=Cc1c(O)n(-c2cc(OC)ccc2OC)c(=S)[nH]c1=O. The van der Waals surface area contributed by atoms with E-state index in [4.69, 9.17) is 26.4 Å². The Balaban J connectivity index is 1.77. The molecule has 0 saturated carbocycles. The quantitative estimate of drug-likeness (QED) is 0.189. The average molecular weight is 509 g/mol. The highest BCUT2D eigenvalue weighted by Crippen LogP contribution is 2.31. The number of nitrogens with zero attached hydrogens (tertiary/aromatic N) is 2. The van der Waals surface area contributed by atoms with Gasteiger partial charge in [0.15, 0.2) is 10.8 Å². The van der Waals surface area contributed by atoms with Crippen molar-refractivity contribution < 1.29 is 24.1 Å². The number of aromatic hydroxyl groups is 1. The van der Waals surface area contributed by atoms with Gasteiger partial charge in [0.25, 0.3) is 5.56 Å². The van der Waals surface area contributed by atoms with E-state index in [1.807, 2.05) is 24.3 Å². The van der Waals surface area contributed by atoms with E-state index >= 15 is 0 Å². The van der Waals surface area contributed by atoms with E-state index in [0.717, 1.165) is 22.7 Å². The van der Waals surface area contributed by atoms with Crippen LogP contribution in [0.25, 0.3) is 16.6 Å². The molecule has 0 aliphatic rings. The van der Waals surface area contributed by atoms with Gasteiger partial charge in [-0.2, -0.15) is 0 Å². The molecule has 2 aromatic carbocycles. The molecule has 0 aliphatic carbocycles. The Kier molecular flexibility index (Phi) is 7.20. The second-order valence-corrected chi connectivity index (χ2v) is 8.14. The van der Waals surface area contributed by atoms with Crippen molar-refractivity contribution in [3.8, 4) is 23.1 Å². The predicted octanol–water partition coefficient (Wildman–Crippen LogP) is 3.30. The van der Waals surface area contributed by atoms with Gasteiger partial charge in [0.1, 0.15) is 17.1 Å². The maximum absolute atomic E-state index is 12.7. The highest BCUT2D eigenvalue weighted by Gasteiger charge is 2.22. The molecule has 2 aromatic heterocycles. The number of aromatic amines is 2. The summed E-state index contributed by atoms with van der Waals surface area (Å²) in [6.07, 6.45) is 3.16. The molecule has 0 spiro atoms. The van der Waals surface area contributed by atoms with E-state index in [9.17, 15) is 14.7 Å². The van der Waals surface area contributed by atoms with Gasteiger partial charge in [-0.15, -0.1) is 0 Å². The molecule has 0 saturated heterocycles. The average Bonchev–Trinajstić information content (AvgIpc) is 3.29. The number of fused-ring (bicyclic) bond motifs is 1. The summed E-state index contributed by atoms with van der Waals surface area (Å²) in [5.74, 6) is -0.202. The second-order valence-electron chi connectivity index (χ2n) is 7.75. The van der Waals surface area contributed by atoms with E-state index in [-0.39, 0.29) is 16.8 Å². The Hall–Kier alpha value is -4.38. The van der Waals surface area contributed by atoms with Crippen LogP contribution in [-0.4, -0.2) is 59.2 Å². The Bertz CT molecular complexity index is 1570. The molecule has 0 radical (unpaired) electrons. The van der Waals surface area contributed by atoms with E-state index in [1.165, 1.54) is 25.9 Å². The summed E-state index contributed by atoms with van der Waals surface area (Å²) in [5.41, 5.74) is 1.25. The Morgan fingerprint density at radius 3 is 2.69 bits per heavy atom. The minimum absolute atomic E-state index is 0.0653. The molecule has 2 heterocycles. The summed E-state index contributed by atoms with van der Waals surface area (Å²) in [6.45, 7) is 0. The molecule has 186 valence electrons. The van der Waals surface area contributed by atoms with Gasteiger partial charge < -0.3 is 24.3 Å². The van der Waals surface area contributed by atoms with E-state index in [1.54, 1.807) is 24.4 Å². The fourth-order valence-corrected chi connectivity index (χ4v) is 4.13. The van der Waals surface area contributed by atoms with Crippen molar-refractivity contribution >= 4 is 35.3 Å². The van der Waals surface area contributed by atoms with E-state index in [0.29, 0.717) is 17.2 Å². The third kappa shape index (κ3) is 4.73. The molecule has 11 heteroatoms. The number of H-pyrrole nitrogens is 2. The van der Waals surface area contributed by atoms with Crippen LogP contribution in [0.15, 0.2) is 58.4 Å². The summed E-state index contributed by atoms with van der Waals surface area (Å²) in [4.78, 5) is 35.2. The van der Waals surface area contributed by atoms with Crippen LogP contribution in [0, 0.1) is 4.77 Å². The van der Waals surface area contributed by atoms with Crippen molar-refractivity contribution in [2.24, 2.45) is 4.99 Å². The maximum atomic E-state index is 12.7. The first kappa shape index (κ1) is 24.7. The van der Waals surface area contributed by atoms with Gasteiger partial charge in [-0.1, -0.05) is 18.2 Å². The number of hydrogen-bond acceptors (Lipinski definition) is 8.